The summed E-state index contributed by atoms with van der Waals surface area (Å²) in [4.78, 5) is 14.0. The molecule has 28 heavy (non-hydrogen) atoms. The zero-order valence-corrected chi connectivity index (χ0v) is 17.5. The molecule has 0 aromatic heterocycles. The number of carbonyl (C=O) groups excluding carboxylic acids is 1. The second kappa shape index (κ2) is 8.31. The third-order valence-corrected chi connectivity index (χ3v) is 4.87. The Morgan fingerprint density at radius 3 is 2.71 bits per heavy atom. The maximum atomic E-state index is 12.0. The second-order valence-electron chi connectivity index (χ2n) is 7.98. The molecule has 5 nitrogen and oxygen atoms in total. The van der Waals surface area contributed by atoms with E-state index in [2.05, 4.69) is 22.3 Å². The summed E-state index contributed by atoms with van der Waals surface area (Å²) in [5.41, 5.74) is 2.62. The standard InChI is InChI=1S/C22H27ClN2O3/c1-22(2,3)28-21(26)24-14-15-10-11-27-20-13-18(8-9-19(15)20)25(4)17-7-5-6-16(23)12-17/h5-9,12-13,15H,10-11,14H2,1-4H3,(H,24,26)/t15-/m0/s1. The number of hydrogen-bond acceptors (Lipinski definition) is 4. The van der Waals surface area contributed by atoms with Gasteiger partial charge in [-0.1, -0.05) is 23.7 Å². The molecule has 0 saturated carbocycles. The van der Waals surface area contributed by atoms with Crippen LogP contribution in [0.2, 0.25) is 5.02 Å². The summed E-state index contributed by atoms with van der Waals surface area (Å²) < 4.78 is 11.2. The van der Waals surface area contributed by atoms with Crippen LogP contribution in [-0.2, 0) is 4.74 Å². The summed E-state index contributed by atoms with van der Waals surface area (Å²) in [6.07, 6.45) is 0.463. The SMILES string of the molecule is CN(c1cccc(Cl)c1)c1ccc2c(c1)OCC[C@H]2CNC(=O)OC(C)(C)C. The van der Waals surface area contributed by atoms with Crippen LogP contribution in [-0.4, -0.2) is 31.9 Å². The third kappa shape index (κ3) is 5.10. The molecule has 1 aliphatic heterocycles. The van der Waals surface area contributed by atoms with E-state index in [0.29, 0.717) is 18.2 Å². The molecule has 1 heterocycles. The fourth-order valence-electron chi connectivity index (χ4n) is 3.23. The second-order valence-corrected chi connectivity index (χ2v) is 8.41. The fraction of sp³-hybridized carbons (Fsp3) is 0.409. The van der Waals surface area contributed by atoms with Crippen molar-refractivity contribution in [3.05, 3.63) is 53.1 Å². The molecule has 1 atom stereocenters. The molecule has 0 aliphatic carbocycles. The monoisotopic (exact) mass is 402 g/mol. The molecule has 1 N–H and O–H groups in total. The molecule has 2 aromatic carbocycles. The van der Waals surface area contributed by atoms with Gasteiger partial charge in [-0.3, -0.25) is 0 Å². The van der Waals surface area contributed by atoms with Crippen molar-refractivity contribution in [1.29, 1.82) is 0 Å². The van der Waals surface area contributed by atoms with Crippen LogP contribution in [0, 0.1) is 0 Å². The molecular weight excluding hydrogens is 376 g/mol. The lowest BCUT2D eigenvalue weighted by atomic mass is 9.92. The van der Waals surface area contributed by atoms with Gasteiger partial charge in [0.2, 0.25) is 0 Å². The molecule has 1 aliphatic rings. The normalized spacial score (nSPS) is 16.0. The number of ether oxygens (including phenoxy) is 2. The lowest BCUT2D eigenvalue weighted by Gasteiger charge is -2.29. The van der Waals surface area contributed by atoms with Crippen molar-refractivity contribution in [3.8, 4) is 5.75 Å². The largest absolute Gasteiger partial charge is 0.493 e. The van der Waals surface area contributed by atoms with Crippen LogP contribution < -0.4 is 15.0 Å². The highest BCUT2D eigenvalue weighted by Gasteiger charge is 2.24. The van der Waals surface area contributed by atoms with E-state index in [0.717, 1.165) is 29.1 Å². The molecule has 0 radical (unpaired) electrons. The number of nitrogens with zero attached hydrogens (tertiary/aromatic N) is 1. The van der Waals surface area contributed by atoms with Crippen molar-refractivity contribution < 1.29 is 14.3 Å². The first-order valence-corrected chi connectivity index (χ1v) is 9.83. The quantitative estimate of drug-likeness (QED) is 0.733. The number of nitrogens with one attached hydrogen (secondary N) is 1. The minimum atomic E-state index is -0.502. The molecule has 150 valence electrons. The molecule has 0 fully saturated rings. The van der Waals surface area contributed by atoms with Crippen LogP contribution in [0.4, 0.5) is 16.2 Å². The first kappa shape index (κ1) is 20.3. The van der Waals surface area contributed by atoms with E-state index in [-0.39, 0.29) is 5.92 Å². The maximum absolute atomic E-state index is 12.0. The van der Waals surface area contributed by atoms with Gasteiger partial charge >= 0.3 is 6.09 Å². The molecule has 3 rings (SSSR count). The van der Waals surface area contributed by atoms with Crippen LogP contribution in [0.15, 0.2) is 42.5 Å². The van der Waals surface area contributed by atoms with Gasteiger partial charge in [-0.15, -0.1) is 0 Å². The summed E-state index contributed by atoms with van der Waals surface area (Å²) >= 11 is 6.12. The highest BCUT2D eigenvalue weighted by Crippen LogP contribution is 2.37. The molecule has 0 spiro atoms. The summed E-state index contributed by atoms with van der Waals surface area (Å²) in [6, 6.07) is 13.9. The van der Waals surface area contributed by atoms with Crippen molar-refractivity contribution in [2.75, 3.05) is 25.1 Å². The number of benzene rings is 2. The number of alkyl carbamates (subject to hydrolysis) is 1. The predicted molar refractivity (Wildman–Crippen MR) is 113 cm³/mol. The molecule has 2 aromatic rings. The topological polar surface area (TPSA) is 50.8 Å². The Labute approximate surface area is 171 Å². The number of carbonyl (C=O) groups is 1. The fourth-order valence-corrected chi connectivity index (χ4v) is 3.41. The first-order chi connectivity index (χ1) is 13.2. The van der Waals surface area contributed by atoms with Gasteiger partial charge in [0, 0.05) is 42.0 Å². The van der Waals surface area contributed by atoms with Crippen LogP contribution in [0.5, 0.6) is 5.75 Å². The smallest absolute Gasteiger partial charge is 0.407 e. The van der Waals surface area contributed by atoms with E-state index < -0.39 is 11.7 Å². The number of amides is 1. The predicted octanol–water partition coefficient (Wildman–Crippen LogP) is 5.50. The van der Waals surface area contributed by atoms with Crippen LogP contribution in [0.1, 0.15) is 38.7 Å². The highest BCUT2D eigenvalue weighted by atomic mass is 35.5. The van der Waals surface area contributed by atoms with E-state index in [9.17, 15) is 4.79 Å². The Hall–Kier alpha value is -2.40. The summed E-state index contributed by atoms with van der Waals surface area (Å²) in [6.45, 7) is 6.71. The number of hydrogen-bond donors (Lipinski definition) is 1. The Bertz CT molecular complexity index is 848. The average Bonchev–Trinajstić information content (AvgIpc) is 2.64. The summed E-state index contributed by atoms with van der Waals surface area (Å²) in [5, 5.41) is 3.58. The van der Waals surface area contributed by atoms with Crippen molar-refractivity contribution in [1.82, 2.24) is 5.32 Å². The minimum Gasteiger partial charge on any atom is -0.493 e. The highest BCUT2D eigenvalue weighted by molar-refractivity contribution is 6.30. The van der Waals surface area contributed by atoms with Crippen molar-refractivity contribution in [2.24, 2.45) is 0 Å². The van der Waals surface area contributed by atoms with Crippen molar-refractivity contribution >= 4 is 29.1 Å². The molecule has 0 saturated heterocycles. The first-order valence-electron chi connectivity index (χ1n) is 9.46. The van der Waals surface area contributed by atoms with E-state index >= 15 is 0 Å². The lowest BCUT2D eigenvalue weighted by molar-refractivity contribution is 0.0521. The number of anilines is 2. The van der Waals surface area contributed by atoms with Crippen LogP contribution in [0.25, 0.3) is 0 Å². The molecule has 0 bridgehead atoms. The Balaban J connectivity index is 1.72. The van der Waals surface area contributed by atoms with Gasteiger partial charge in [0.1, 0.15) is 11.4 Å². The zero-order chi connectivity index (χ0) is 20.3. The van der Waals surface area contributed by atoms with Gasteiger partial charge in [0.05, 0.1) is 6.61 Å². The van der Waals surface area contributed by atoms with Gasteiger partial charge in [0.25, 0.3) is 0 Å². The van der Waals surface area contributed by atoms with Crippen LogP contribution in [0.3, 0.4) is 0 Å². The van der Waals surface area contributed by atoms with Gasteiger partial charge < -0.3 is 19.7 Å². The molecular formula is C22H27ClN2O3. The molecule has 0 unspecified atom stereocenters. The Morgan fingerprint density at radius 2 is 2.00 bits per heavy atom. The van der Waals surface area contributed by atoms with Gasteiger partial charge in [-0.25, -0.2) is 4.79 Å². The van der Waals surface area contributed by atoms with Gasteiger partial charge in [-0.2, -0.15) is 0 Å². The van der Waals surface area contributed by atoms with Gasteiger partial charge in [-0.05, 0) is 57.0 Å². The summed E-state index contributed by atoms with van der Waals surface area (Å²) in [5.74, 6) is 1.05. The number of halogens is 1. The molecule has 1 amide bonds. The van der Waals surface area contributed by atoms with Crippen molar-refractivity contribution in [3.63, 3.8) is 0 Å². The number of fused-ring (bicyclic) bond motifs is 1. The zero-order valence-electron chi connectivity index (χ0n) is 16.8. The maximum Gasteiger partial charge on any atom is 0.407 e. The summed E-state index contributed by atoms with van der Waals surface area (Å²) in [7, 11) is 2.00. The van der Waals surface area contributed by atoms with E-state index in [1.54, 1.807) is 0 Å². The van der Waals surface area contributed by atoms with Crippen molar-refractivity contribution in [2.45, 2.75) is 38.7 Å². The van der Waals surface area contributed by atoms with E-state index in [1.807, 2.05) is 58.2 Å². The Kier molecular flexibility index (Phi) is 6.04. The van der Waals surface area contributed by atoms with Gasteiger partial charge in [0.15, 0.2) is 0 Å². The van der Waals surface area contributed by atoms with E-state index in [1.165, 1.54) is 0 Å². The minimum absolute atomic E-state index is 0.196. The van der Waals surface area contributed by atoms with Crippen LogP contribution >= 0.6 is 11.6 Å². The third-order valence-electron chi connectivity index (χ3n) is 4.64. The van der Waals surface area contributed by atoms with E-state index in [4.69, 9.17) is 21.1 Å². The molecule has 6 heteroatoms. The number of rotatable bonds is 4. The average molecular weight is 403 g/mol. The Morgan fingerprint density at radius 1 is 1.25 bits per heavy atom. The lowest BCUT2D eigenvalue weighted by Crippen LogP contribution is -2.35.